The number of fused-ring (bicyclic) bond motifs is 1. The predicted molar refractivity (Wildman–Crippen MR) is 102 cm³/mol. The van der Waals surface area contributed by atoms with Gasteiger partial charge in [0, 0.05) is 12.0 Å². The molecule has 154 valence electrons. The molecule has 0 aliphatic rings. The Balaban J connectivity index is 2.05. The monoisotopic (exact) mass is 426 g/mol. The molecule has 0 aromatic heterocycles. The maximum Gasteiger partial charge on any atom is 0.300 e. The molecule has 0 aliphatic heterocycles. The largest absolute Gasteiger partial charge is 0.300 e. The molecule has 8 heteroatoms. The Bertz CT molecular complexity index is 1180. The number of hydrogen-bond donors (Lipinski definition) is 1. The third kappa shape index (κ3) is 4.00. The maximum absolute atomic E-state index is 14.3. The lowest BCUT2D eigenvalue weighted by molar-refractivity contribution is 0.396. The van der Waals surface area contributed by atoms with Gasteiger partial charge in [-0.05, 0) is 34.2 Å². The molecule has 3 aromatic rings. The lowest BCUT2D eigenvalue weighted by Gasteiger charge is -2.12. The van der Waals surface area contributed by atoms with Gasteiger partial charge in [0.05, 0.1) is 0 Å². The second kappa shape index (κ2) is 7.76. The fourth-order valence-electron chi connectivity index (χ4n) is 3.21. The molecule has 0 spiro atoms. The van der Waals surface area contributed by atoms with Gasteiger partial charge in [-0.2, -0.15) is 8.42 Å². The van der Waals surface area contributed by atoms with E-state index < -0.39 is 50.3 Å². The van der Waals surface area contributed by atoms with Crippen LogP contribution >= 0.6 is 0 Å². The zero-order valence-corrected chi connectivity index (χ0v) is 16.5. The van der Waals surface area contributed by atoms with Crippen molar-refractivity contribution in [1.82, 2.24) is 0 Å². The van der Waals surface area contributed by atoms with Gasteiger partial charge in [-0.15, -0.1) is 0 Å². The van der Waals surface area contributed by atoms with Gasteiger partial charge >= 0.3 is 10.1 Å². The van der Waals surface area contributed by atoms with E-state index in [2.05, 4.69) is 13.8 Å². The molecular weight excluding hydrogens is 408 g/mol. The molecule has 0 amide bonds. The minimum Gasteiger partial charge on any atom is -0.282 e. The summed E-state index contributed by atoms with van der Waals surface area (Å²) in [6.45, 7) is 4.17. The first-order valence-electron chi connectivity index (χ1n) is 8.89. The van der Waals surface area contributed by atoms with Crippen LogP contribution in [-0.2, 0) is 16.5 Å². The van der Waals surface area contributed by atoms with Gasteiger partial charge in [-0.1, -0.05) is 50.2 Å². The first-order valence-corrected chi connectivity index (χ1v) is 10.3. The van der Waals surface area contributed by atoms with Crippen molar-refractivity contribution in [1.29, 1.82) is 0 Å². The normalized spacial score (nSPS) is 13.1. The highest BCUT2D eigenvalue weighted by Gasteiger charge is 2.32. The van der Waals surface area contributed by atoms with Gasteiger partial charge < -0.3 is 0 Å². The van der Waals surface area contributed by atoms with E-state index in [0.717, 1.165) is 22.8 Å². The average molecular weight is 426 g/mol. The molecule has 0 saturated carbocycles. The number of hydrogen-bond acceptors (Lipinski definition) is 2. The maximum atomic E-state index is 14.3. The van der Waals surface area contributed by atoms with Gasteiger partial charge in [0.25, 0.3) is 0 Å². The summed E-state index contributed by atoms with van der Waals surface area (Å²) < 4.78 is 87.4. The van der Waals surface area contributed by atoms with Crippen LogP contribution in [0.3, 0.4) is 0 Å². The molecule has 0 aliphatic carbocycles. The van der Waals surface area contributed by atoms with Gasteiger partial charge in [0.15, 0.2) is 28.2 Å². The van der Waals surface area contributed by atoms with E-state index in [4.69, 9.17) is 4.55 Å². The molecule has 0 fully saturated rings. The zero-order chi connectivity index (χ0) is 21.5. The molecule has 0 saturated heterocycles. The number of rotatable bonds is 5. The van der Waals surface area contributed by atoms with Crippen molar-refractivity contribution >= 4 is 20.9 Å². The summed E-state index contributed by atoms with van der Waals surface area (Å²) in [7, 11) is -5.47. The Morgan fingerprint density at radius 3 is 2.00 bits per heavy atom. The Morgan fingerprint density at radius 1 is 0.897 bits per heavy atom. The van der Waals surface area contributed by atoms with E-state index in [-0.39, 0.29) is 0 Å². The Morgan fingerprint density at radius 2 is 1.45 bits per heavy atom. The molecule has 3 rings (SSSR count). The summed E-state index contributed by atoms with van der Waals surface area (Å²) in [6, 6.07) is 10.8. The lowest BCUT2D eigenvalue weighted by atomic mass is 9.94. The molecule has 0 bridgehead atoms. The molecule has 29 heavy (non-hydrogen) atoms. The summed E-state index contributed by atoms with van der Waals surface area (Å²) >= 11 is 0. The first-order chi connectivity index (χ1) is 13.5. The van der Waals surface area contributed by atoms with E-state index in [1.807, 2.05) is 18.2 Å². The van der Waals surface area contributed by atoms with Crippen molar-refractivity contribution < 1.29 is 30.5 Å². The fourth-order valence-corrected chi connectivity index (χ4v) is 3.84. The summed E-state index contributed by atoms with van der Waals surface area (Å²) in [5.41, 5.74) is 0.572. The smallest absolute Gasteiger partial charge is 0.282 e. The van der Waals surface area contributed by atoms with Crippen LogP contribution < -0.4 is 0 Å². The third-order valence-corrected chi connectivity index (χ3v) is 5.94. The van der Waals surface area contributed by atoms with Crippen molar-refractivity contribution in [2.24, 2.45) is 0 Å². The second-order valence-electron chi connectivity index (χ2n) is 6.97. The van der Waals surface area contributed by atoms with Gasteiger partial charge in [0.2, 0.25) is 0 Å². The third-order valence-electron chi connectivity index (χ3n) is 5.06. The van der Waals surface area contributed by atoms with Crippen molar-refractivity contribution in [3.8, 4) is 0 Å². The van der Waals surface area contributed by atoms with Crippen LogP contribution in [0.2, 0.25) is 0 Å². The Labute approximate surface area is 165 Å². The highest BCUT2D eigenvalue weighted by atomic mass is 32.2. The van der Waals surface area contributed by atoms with E-state index >= 15 is 0 Å². The molecule has 0 heterocycles. The highest BCUT2D eigenvalue weighted by Crippen LogP contribution is 2.30. The lowest BCUT2D eigenvalue weighted by Crippen LogP contribution is -2.13. The van der Waals surface area contributed by atoms with Crippen molar-refractivity contribution in [3.63, 3.8) is 0 Å². The minimum atomic E-state index is -5.47. The SMILES string of the molecule is CCC(C)c1ccc2cc(Cc3c(F)c(F)c(S(=O)(=O)O)c(F)c3F)ccc2c1. The second-order valence-corrected chi connectivity index (χ2v) is 8.32. The summed E-state index contributed by atoms with van der Waals surface area (Å²) in [6.07, 6.45) is 0.471. The molecule has 3 nitrogen and oxygen atoms in total. The zero-order valence-electron chi connectivity index (χ0n) is 15.6. The molecule has 0 radical (unpaired) electrons. The van der Waals surface area contributed by atoms with E-state index in [1.54, 1.807) is 18.2 Å². The van der Waals surface area contributed by atoms with E-state index in [0.29, 0.717) is 11.5 Å². The van der Waals surface area contributed by atoms with Crippen LogP contribution in [0.15, 0.2) is 41.3 Å². The standard InChI is InChI=1S/C21H18F4O3S/c1-3-11(2)13-6-7-14-8-12(4-5-15(14)10-13)9-16-17(22)19(24)21(29(26,27)28)20(25)18(16)23/h4-8,10-11H,3,9H2,1-2H3,(H,26,27,28). The van der Waals surface area contributed by atoms with E-state index in [1.165, 1.54) is 0 Å². The number of halogens is 4. The summed E-state index contributed by atoms with van der Waals surface area (Å²) in [5, 5.41) is 1.69. The molecule has 1 N–H and O–H groups in total. The van der Waals surface area contributed by atoms with Crippen LogP contribution in [0.25, 0.3) is 10.8 Å². The summed E-state index contributed by atoms with van der Waals surface area (Å²) in [5.74, 6) is -7.65. The van der Waals surface area contributed by atoms with Crippen molar-refractivity contribution in [2.75, 3.05) is 0 Å². The van der Waals surface area contributed by atoms with Crippen molar-refractivity contribution in [3.05, 3.63) is 76.4 Å². The van der Waals surface area contributed by atoms with Gasteiger partial charge in [-0.25, -0.2) is 17.6 Å². The van der Waals surface area contributed by atoms with Crippen LogP contribution in [0, 0.1) is 23.3 Å². The predicted octanol–water partition coefficient (Wildman–Crippen LogP) is 5.75. The molecule has 1 unspecified atom stereocenters. The van der Waals surface area contributed by atoms with Gasteiger partial charge in [0.1, 0.15) is 0 Å². The molecule has 1 atom stereocenters. The first kappa shape index (κ1) is 21.3. The highest BCUT2D eigenvalue weighted by molar-refractivity contribution is 7.85. The minimum absolute atomic E-state index is 0.370. The fraction of sp³-hybridized carbons (Fsp3) is 0.238. The van der Waals surface area contributed by atoms with Gasteiger partial charge in [-0.3, -0.25) is 4.55 Å². The van der Waals surface area contributed by atoms with Crippen LogP contribution in [0.5, 0.6) is 0 Å². The van der Waals surface area contributed by atoms with Crippen molar-refractivity contribution in [2.45, 2.75) is 37.5 Å². The van der Waals surface area contributed by atoms with E-state index in [9.17, 15) is 26.0 Å². The Kier molecular flexibility index (Phi) is 5.69. The number of benzene rings is 3. The molecule has 3 aromatic carbocycles. The topological polar surface area (TPSA) is 54.4 Å². The molecular formula is C21H18F4O3S. The van der Waals surface area contributed by atoms with Crippen LogP contribution in [0.1, 0.15) is 42.9 Å². The van der Waals surface area contributed by atoms with Crippen LogP contribution in [0.4, 0.5) is 17.6 Å². The Hall–Kier alpha value is -2.45. The summed E-state index contributed by atoms with van der Waals surface area (Å²) in [4.78, 5) is -2.03. The average Bonchev–Trinajstić information content (AvgIpc) is 2.67. The van der Waals surface area contributed by atoms with Crippen LogP contribution in [-0.4, -0.2) is 13.0 Å². The quantitative estimate of drug-likeness (QED) is 0.321.